The molecule has 0 amide bonds. The number of rotatable bonds is 0. The quantitative estimate of drug-likeness (QED) is 0.473. The number of aryl methyl sites for hydroxylation is 3. The van der Waals surface area contributed by atoms with Crippen molar-refractivity contribution in [2.24, 2.45) is 0 Å². The first-order valence-electron chi connectivity index (χ1n) is 6.81. The minimum Gasteiger partial charge on any atom is -0.199 e. The zero-order chi connectivity index (χ0) is 14.0. The average molecular weight is 342 g/mol. The Hall–Kier alpha value is -0.937. The molecule has 0 radical (unpaired) electrons. The molecule has 0 saturated heterocycles. The van der Waals surface area contributed by atoms with Gasteiger partial charge in [-0.3, -0.25) is 0 Å². The molecule has 102 valence electrons. The predicted octanol–water partition coefficient (Wildman–Crippen LogP) is 5.50. The maximum Gasteiger partial charge on any atom is 2.00 e. The van der Waals surface area contributed by atoms with E-state index in [0.717, 1.165) is 0 Å². The smallest absolute Gasteiger partial charge is 0.199 e. The molecule has 0 N–H and O–H groups in total. The zero-order valence-electron chi connectivity index (χ0n) is 13.0. The largest absolute Gasteiger partial charge is 2.00 e. The second-order valence-electron chi connectivity index (χ2n) is 5.42. The van der Waals surface area contributed by atoms with Gasteiger partial charge in [-0.1, -0.05) is 40.7 Å². The SMILES string of the molecule is Cc1c[c-](C)c(C)c1C.Cc1cc2ccccc2[cH-]1.[Zr+2]. The van der Waals surface area contributed by atoms with Crippen molar-refractivity contribution < 1.29 is 26.2 Å². The Kier molecular flexibility index (Phi) is 6.14. The third-order valence-electron chi connectivity index (χ3n) is 3.94. The van der Waals surface area contributed by atoms with Crippen LogP contribution in [0.4, 0.5) is 0 Å². The molecule has 0 aliphatic carbocycles. The molecule has 20 heavy (non-hydrogen) atoms. The molecule has 0 fully saturated rings. The van der Waals surface area contributed by atoms with Crippen LogP contribution in [-0.2, 0) is 26.2 Å². The number of hydrogen-bond donors (Lipinski definition) is 0. The van der Waals surface area contributed by atoms with Crippen LogP contribution >= 0.6 is 0 Å². The first kappa shape index (κ1) is 17.1. The van der Waals surface area contributed by atoms with Gasteiger partial charge in [0.1, 0.15) is 0 Å². The Morgan fingerprint density at radius 2 is 1.65 bits per heavy atom. The van der Waals surface area contributed by atoms with Crippen molar-refractivity contribution in [3.05, 3.63) is 70.3 Å². The van der Waals surface area contributed by atoms with Crippen molar-refractivity contribution in [1.29, 1.82) is 0 Å². The van der Waals surface area contributed by atoms with Crippen molar-refractivity contribution in [3.8, 4) is 0 Å². The molecule has 0 aliphatic heterocycles. The Morgan fingerprint density at radius 3 is 2.10 bits per heavy atom. The van der Waals surface area contributed by atoms with E-state index in [-0.39, 0.29) is 26.2 Å². The average Bonchev–Trinajstić information content (AvgIpc) is 2.86. The fourth-order valence-electron chi connectivity index (χ4n) is 2.44. The van der Waals surface area contributed by atoms with E-state index in [9.17, 15) is 0 Å². The summed E-state index contributed by atoms with van der Waals surface area (Å²) in [5.41, 5.74) is 7.09. The topological polar surface area (TPSA) is 0 Å². The molecule has 1 heteroatoms. The van der Waals surface area contributed by atoms with Crippen LogP contribution in [-0.4, -0.2) is 0 Å². The van der Waals surface area contributed by atoms with Crippen molar-refractivity contribution >= 4 is 10.8 Å². The third kappa shape index (κ3) is 3.79. The number of hydrogen-bond acceptors (Lipinski definition) is 0. The van der Waals surface area contributed by atoms with E-state index in [4.69, 9.17) is 0 Å². The molecule has 0 nitrogen and oxygen atoms in total. The molecule has 0 spiro atoms. The van der Waals surface area contributed by atoms with Crippen molar-refractivity contribution in [2.45, 2.75) is 34.6 Å². The summed E-state index contributed by atoms with van der Waals surface area (Å²) < 4.78 is 0. The minimum absolute atomic E-state index is 0. The molecule has 3 aromatic carbocycles. The predicted molar refractivity (Wildman–Crippen MR) is 85.3 cm³/mol. The van der Waals surface area contributed by atoms with Gasteiger partial charge in [-0.15, -0.1) is 40.6 Å². The minimum atomic E-state index is 0. The van der Waals surface area contributed by atoms with E-state index < -0.39 is 0 Å². The summed E-state index contributed by atoms with van der Waals surface area (Å²) in [6.07, 6.45) is 0. The van der Waals surface area contributed by atoms with Gasteiger partial charge >= 0.3 is 26.2 Å². The van der Waals surface area contributed by atoms with Crippen LogP contribution in [0.3, 0.4) is 0 Å². The summed E-state index contributed by atoms with van der Waals surface area (Å²) in [6, 6.07) is 15.1. The van der Waals surface area contributed by atoms with E-state index in [1.807, 2.05) is 0 Å². The molecule has 0 unspecified atom stereocenters. The summed E-state index contributed by atoms with van der Waals surface area (Å²) in [5.74, 6) is 0. The Morgan fingerprint density at radius 1 is 1.00 bits per heavy atom. The summed E-state index contributed by atoms with van der Waals surface area (Å²) >= 11 is 0. The number of fused-ring (bicyclic) bond motifs is 1. The fourth-order valence-corrected chi connectivity index (χ4v) is 2.44. The van der Waals surface area contributed by atoms with Crippen LogP contribution in [0.15, 0.2) is 42.5 Å². The van der Waals surface area contributed by atoms with Gasteiger partial charge in [0.15, 0.2) is 0 Å². The van der Waals surface area contributed by atoms with Crippen LogP contribution in [0.5, 0.6) is 0 Å². The van der Waals surface area contributed by atoms with E-state index in [1.54, 1.807) is 0 Å². The van der Waals surface area contributed by atoms with E-state index >= 15 is 0 Å². The standard InChI is InChI=1S/C10H9.C9H13.Zr/c1-8-6-9-4-2-3-5-10(9)7-8;1-6-5-7(2)9(4)8(6)3;/h2-7H,1H3;5H,1-4H3;/q2*-1;+2. The monoisotopic (exact) mass is 340 g/mol. The van der Waals surface area contributed by atoms with Gasteiger partial charge in [0.2, 0.25) is 0 Å². The summed E-state index contributed by atoms with van der Waals surface area (Å²) in [4.78, 5) is 0. The van der Waals surface area contributed by atoms with Gasteiger partial charge in [0.25, 0.3) is 0 Å². The Bertz CT molecular complexity index is 627. The van der Waals surface area contributed by atoms with E-state index in [1.165, 1.54) is 38.6 Å². The van der Waals surface area contributed by atoms with Gasteiger partial charge in [0.05, 0.1) is 0 Å². The Balaban J connectivity index is 0.000000192. The fraction of sp³-hybridized carbons (Fsp3) is 0.263. The Labute approximate surface area is 141 Å². The van der Waals surface area contributed by atoms with Crippen molar-refractivity contribution in [3.63, 3.8) is 0 Å². The summed E-state index contributed by atoms with van der Waals surface area (Å²) in [5, 5.41) is 2.69. The maximum atomic E-state index is 2.24. The summed E-state index contributed by atoms with van der Waals surface area (Å²) in [6.45, 7) is 10.8. The number of benzene rings is 1. The zero-order valence-corrected chi connectivity index (χ0v) is 15.5. The van der Waals surface area contributed by atoms with Gasteiger partial charge in [0, 0.05) is 0 Å². The van der Waals surface area contributed by atoms with Gasteiger partial charge in [-0.2, -0.15) is 34.4 Å². The van der Waals surface area contributed by atoms with E-state index in [0.29, 0.717) is 0 Å². The van der Waals surface area contributed by atoms with Crippen molar-refractivity contribution in [2.75, 3.05) is 0 Å². The molecule has 3 rings (SSSR count). The molecule has 3 aromatic rings. The molecule has 0 aliphatic rings. The molecule has 0 atom stereocenters. The molecular weight excluding hydrogens is 319 g/mol. The first-order chi connectivity index (χ1) is 8.99. The van der Waals surface area contributed by atoms with Crippen LogP contribution in [0.1, 0.15) is 27.8 Å². The molecule has 0 heterocycles. The first-order valence-corrected chi connectivity index (χ1v) is 6.81. The normalized spacial score (nSPS) is 9.85. The van der Waals surface area contributed by atoms with Crippen LogP contribution in [0, 0.1) is 34.6 Å². The third-order valence-corrected chi connectivity index (χ3v) is 3.94. The molecule has 0 saturated carbocycles. The molecular formula is C19H22Zr. The van der Waals surface area contributed by atoms with Crippen LogP contribution in [0.25, 0.3) is 10.8 Å². The van der Waals surface area contributed by atoms with Crippen molar-refractivity contribution in [1.82, 2.24) is 0 Å². The second-order valence-corrected chi connectivity index (χ2v) is 5.42. The maximum absolute atomic E-state index is 2.24. The molecule has 0 aromatic heterocycles. The second kappa shape index (κ2) is 7.18. The van der Waals surface area contributed by atoms with Gasteiger partial charge in [-0.25, -0.2) is 0 Å². The van der Waals surface area contributed by atoms with E-state index in [2.05, 4.69) is 77.1 Å². The molecule has 0 bridgehead atoms. The van der Waals surface area contributed by atoms with Crippen LogP contribution < -0.4 is 0 Å². The van der Waals surface area contributed by atoms with Crippen LogP contribution in [0.2, 0.25) is 0 Å². The summed E-state index contributed by atoms with van der Waals surface area (Å²) in [7, 11) is 0. The van der Waals surface area contributed by atoms with Gasteiger partial charge in [-0.05, 0) is 0 Å². The van der Waals surface area contributed by atoms with Gasteiger partial charge < -0.3 is 0 Å².